The Morgan fingerprint density at radius 1 is 1.16 bits per heavy atom. The van der Waals surface area contributed by atoms with Crippen LogP contribution in [-0.4, -0.2) is 41.3 Å². The molecule has 176 valence electrons. The topological polar surface area (TPSA) is 63.7 Å². The standard InChI is InChI=1S/C27H39NO4/c1-7-26(3,4)22(18-17-20-14-10-9-11-15-20)32-25(31)21-16-12-13-19-28(21)24(30)23(29)27(5,6)8-2/h7,9-11,14-15,21-22H,1,8,12-13,16-19H2,2-6H3. The lowest BCUT2D eigenvalue weighted by Crippen LogP contribution is -2.54. The largest absolute Gasteiger partial charge is 0.460 e. The summed E-state index contributed by atoms with van der Waals surface area (Å²) in [7, 11) is 0. The molecule has 1 aromatic rings. The number of likely N-dealkylation sites (tertiary alicyclic amines) is 1. The van der Waals surface area contributed by atoms with Gasteiger partial charge in [0.15, 0.2) is 0 Å². The van der Waals surface area contributed by atoms with E-state index in [0.29, 0.717) is 25.8 Å². The van der Waals surface area contributed by atoms with E-state index in [1.807, 2.05) is 45.0 Å². The first kappa shape index (κ1) is 25.8. The van der Waals surface area contributed by atoms with Gasteiger partial charge < -0.3 is 9.64 Å². The van der Waals surface area contributed by atoms with Crippen molar-refractivity contribution < 1.29 is 19.1 Å². The number of Topliss-reactive ketones (excluding diaryl/α,β-unsaturated/α-hetero) is 1. The molecular formula is C27H39NO4. The highest BCUT2D eigenvalue weighted by molar-refractivity contribution is 6.38. The quantitative estimate of drug-likeness (QED) is 0.287. The minimum atomic E-state index is -0.744. The van der Waals surface area contributed by atoms with Gasteiger partial charge in [0.1, 0.15) is 12.1 Å². The van der Waals surface area contributed by atoms with E-state index in [4.69, 9.17) is 4.74 Å². The maximum Gasteiger partial charge on any atom is 0.329 e. The molecule has 1 fully saturated rings. The average molecular weight is 442 g/mol. The molecule has 0 saturated carbocycles. The Labute approximate surface area is 193 Å². The van der Waals surface area contributed by atoms with Crippen molar-refractivity contribution in [3.8, 4) is 0 Å². The predicted molar refractivity (Wildman–Crippen MR) is 127 cm³/mol. The number of amides is 1. The van der Waals surface area contributed by atoms with Crippen LogP contribution in [-0.2, 0) is 25.5 Å². The molecule has 5 nitrogen and oxygen atoms in total. The van der Waals surface area contributed by atoms with E-state index in [2.05, 4.69) is 18.7 Å². The van der Waals surface area contributed by atoms with Crippen molar-refractivity contribution in [2.45, 2.75) is 85.3 Å². The summed E-state index contributed by atoms with van der Waals surface area (Å²) in [6.07, 6.45) is 5.55. The molecular weight excluding hydrogens is 402 g/mol. The second kappa shape index (κ2) is 10.9. The molecule has 1 aromatic carbocycles. The second-order valence-corrected chi connectivity index (χ2v) is 10.1. The van der Waals surface area contributed by atoms with Gasteiger partial charge >= 0.3 is 5.97 Å². The van der Waals surface area contributed by atoms with Gasteiger partial charge in [-0.2, -0.15) is 0 Å². The maximum atomic E-state index is 13.3. The van der Waals surface area contributed by atoms with E-state index in [9.17, 15) is 14.4 Å². The number of rotatable bonds is 10. The van der Waals surface area contributed by atoms with Gasteiger partial charge in [0, 0.05) is 17.4 Å². The Morgan fingerprint density at radius 3 is 2.41 bits per heavy atom. The number of ether oxygens (including phenoxy) is 1. The number of piperidine rings is 1. The fourth-order valence-electron chi connectivity index (χ4n) is 3.88. The Balaban J connectivity index is 2.17. The van der Waals surface area contributed by atoms with Crippen LogP contribution in [0.25, 0.3) is 0 Å². The van der Waals surface area contributed by atoms with Crippen LogP contribution < -0.4 is 0 Å². The molecule has 2 rings (SSSR count). The fourth-order valence-corrected chi connectivity index (χ4v) is 3.88. The zero-order valence-electron chi connectivity index (χ0n) is 20.4. The number of hydrogen-bond acceptors (Lipinski definition) is 4. The first-order chi connectivity index (χ1) is 15.0. The number of aryl methyl sites for hydroxylation is 1. The molecule has 0 bridgehead atoms. The van der Waals surface area contributed by atoms with Crippen LogP contribution in [0.15, 0.2) is 43.0 Å². The van der Waals surface area contributed by atoms with Crippen LogP contribution >= 0.6 is 0 Å². The van der Waals surface area contributed by atoms with Crippen LogP contribution in [0.2, 0.25) is 0 Å². The number of nitrogens with zero attached hydrogens (tertiary/aromatic N) is 1. The lowest BCUT2D eigenvalue weighted by atomic mass is 9.83. The zero-order valence-corrected chi connectivity index (χ0v) is 20.4. The average Bonchev–Trinajstić information content (AvgIpc) is 2.81. The summed E-state index contributed by atoms with van der Waals surface area (Å²) >= 11 is 0. The van der Waals surface area contributed by atoms with Crippen LogP contribution in [0.1, 0.15) is 72.3 Å². The molecule has 0 aliphatic carbocycles. The zero-order chi connectivity index (χ0) is 23.9. The molecule has 1 aliphatic heterocycles. The van der Waals surface area contributed by atoms with E-state index < -0.39 is 34.5 Å². The number of carbonyl (C=O) groups excluding carboxylic acids is 3. The van der Waals surface area contributed by atoms with Crippen LogP contribution in [0, 0.1) is 10.8 Å². The van der Waals surface area contributed by atoms with E-state index >= 15 is 0 Å². The van der Waals surface area contributed by atoms with Crippen LogP contribution in [0.5, 0.6) is 0 Å². The molecule has 0 N–H and O–H groups in total. The summed E-state index contributed by atoms with van der Waals surface area (Å²) in [6.45, 7) is 13.8. The van der Waals surface area contributed by atoms with Crippen molar-refractivity contribution >= 4 is 17.7 Å². The summed E-state index contributed by atoms with van der Waals surface area (Å²) in [4.78, 5) is 40.5. The number of benzene rings is 1. The smallest absolute Gasteiger partial charge is 0.329 e. The summed E-state index contributed by atoms with van der Waals surface area (Å²) in [5, 5.41) is 0. The molecule has 2 unspecified atom stereocenters. The minimum absolute atomic E-state index is 0.380. The third-order valence-corrected chi connectivity index (χ3v) is 6.88. The van der Waals surface area contributed by atoms with Crippen molar-refractivity contribution in [2.75, 3.05) is 6.54 Å². The monoisotopic (exact) mass is 441 g/mol. The molecule has 1 heterocycles. The lowest BCUT2D eigenvalue weighted by Gasteiger charge is -2.38. The second-order valence-electron chi connectivity index (χ2n) is 10.1. The Kier molecular flexibility index (Phi) is 8.82. The summed E-state index contributed by atoms with van der Waals surface area (Å²) in [6, 6.07) is 9.37. The SMILES string of the molecule is C=CC(C)(C)C(CCc1ccccc1)OC(=O)C1CCCCN1C(=O)C(=O)C(C)(C)CC. The molecule has 1 aliphatic rings. The van der Waals surface area contributed by atoms with Gasteiger partial charge in [-0.15, -0.1) is 6.58 Å². The van der Waals surface area contributed by atoms with Crippen LogP contribution in [0.4, 0.5) is 0 Å². The highest BCUT2D eigenvalue weighted by atomic mass is 16.5. The highest BCUT2D eigenvalue weighted by Gasteiger charge is 2.42. The fraction of sp³-hybridized carbons (Fsp3) is 0.593. The Bertz CT molecular complexity index is 812. The molecule has 0 aromatic heterocycles. The van der Waals surface area contributed by atoms with Gasteiger partial charge in [0.05, 0.1) is 0 Å². The molecule has 0 radical (unpaired) electrons. The van der Waals surface area contributed by atoms with Gasteiger partial charge in [-0.1, -0.05) is 71.0 Å². The molecule has 32 heavy (non-hydrogen) atoms. The minimum Gasteiger partial charge on any atom is -0.460 e. The van der Waals surface area contributed by atoms with Gasteiger partial charge in [-0.25, -0.2) is 4.79 Å². The first-order valence-electron chi connectivity index (χ1n) is 11.8. The lowest BCUT2D eigenvalue weighted by molar-refractivity contribution is -0.167. The normalized spacial score (nSPS) is 18.0. The van der Waals surface area contributed by atoms with Gasteiger partial charge in [0.2, 0.25) is 5.78 Å². The van der Waals surface area contributed by atoms with E-state index in [-0.39, 0.29) is 6.10 Å². The van der Waals surface area contributed by atoms with Crippen molar-refractivity contribution in [2.24, 2.45) is 10.8 Å². The van der Waals surface area contributed by atoms with Gasteiger partial charge in [-0.3, -0.25) is 9.59 Å². The molecule has 0 spiro atoms. The van der Waals surface area contributed by atoms with Gasteiger partial charge in [-0.05, 0) is 44.1 Å². The Hall–Kier alpha value is -2.43. The predicted octanol–water partition coefficient (Wildman–Crippen LogP) is 5.13. The molecule has 1 saturated heterocycles. The van der Waals surface area contributed by atoms with Crippen molar-refractivity contribution in [3.63, 3.8) is 0 Å². The van der Waals surface area contributed by atoms with E-state index in [1.54, 1.807) is 13.8 Å². The number of hydrogen-bond donors (Lipinski definition) is 0. The van der Waals surface area contributed by atoms with Crippen LogP contribution in [0.3, 0.4) is 0 Å². The third kappa shape index (κ3) is 6.30. The summed E-state index contributed by atoms with van der Waals surface area (Å²) in [5.41, 5.74) is 0.00952. The molecule has 2 atom stereocenters. The Morgan fingerprint density at radius 2 is 1.81 bits per heavy atom. The number of carbonyl (C=O) groups is 3. The van der Waals surface area contributed by atoms with E-state index in [0.717, 1.165) is 19.3 Å². The molecule has 5 heteroatoms. The summed E-state index contributed by atoms with van der Waals surface area (Å²) in [5.74, 6) is -1.43. The van der Waals surface area contributed by atoms with Crippen molar-refractivity contribution in [1.29, 1.82) is 0 Å². The maximum absolute atomic E-state index is 13.3. The van der Waals surface area contributed by atoms with Crippen molar-refractivity contribution in [3.05, 3.63) is 48.6 Å². The first-order valence-corrected chi connectivity index (χ1v) is 11.8. The molecule has 1 amide bonds. The number of esters is 1. The number of ketones is 1. The van der Waals surface area contributed by atoms with Crippen molar-refractivity contribution in [1.82, 2.24) is 4.90 Å². The highest BCUT2D eigenvalue weighted by Crippen LogP contribution is 2.31. The third-order valence-electron chi connectivity index (χ3n) is 6.88. The van der Waals surface area contributed by atoms with Gasteiger partial charge in [0.25, 0.3) is 5.91 Å². The van der Waals surface area contributed by atoms with E-state index in [1.165, 1.54) is 10.5 Å². The summed E-state index contributed by atoms with van der Waals surface area (Å²) < 4.78 is 6.02.